The third kappa shape index (κ3) is 2.77. The highest BCUT2D eigenvalue weighted by molar-refractivity contribution is 5.91. The summed E-state index contributed by atoms with van der Waals surface area (Å²) in [5, 5.41) is 12.2. The maximum absolute atomic E-state index is 12.2. The Labute approximate surface area is 115 Å². The molecule has 0 aromatic carbocycles. The van der Waals surface area contributed by atoms with Crippen molar-refractivity contribution in [2.75, 3.05) is 0 Å². The van der Waals surface area contributed by atoms with Crippen molar-refractivity contribution in [3.63, 3.8) is 0 Å². The summed E-state index contributed by atoms with van der Waals surface area (Å²) < 4.78 is 0. The summed E-state index contributed by atoms with van der Waals surface area (Å²) in [5.74, 6) is -0.970. The van der Waals surface area contributed by atoms with Crippen LogP contribution in [0.15, 0.2) is 0 Å². The first-order valence-electron chi connectivity index (χ1n) is 7.41. The van der Waals surface area contributed by atoms with Gasteiger partial charge in [0.2, 0.25) is 5.91 Å². The largest absolute Gasteiger partial charge is 0.481 e. The van der Waals surface area contributed by atoms with E-state index < -0.39 is 17.3 Å². The first-order chi connectivity index (χ1) is 8.87. The van der Waals surface area contributed by atoms with E-state index in [1.54, 1.807) is 0 Å². The van der Waals surface area contributed by atoms with Crippen molar-refractivity contribution < 1.29 is 14.7 Å². The van der Waals surface area contributed by atoms with Gasteiger partial charge in [-0.3, -0.25) is 9.59 Å². The fourth-order valence-corrected chi connectivity index (χ4v) is 3.59. The smallest absolute Gasteiger partial charge is 0.307 e. The number of carbonyl (C=O) groups excluding carboxylic acids is 1. The number of aliphatic carboxylic acids is 1. The molecule has 2 rings (SSSR count). The molecule has 0 radical (unpaired) electrons. The van der Waals surface area contributed by atoms with E-state index in [9.17, 15) is 9.59 Å². The third-order valence-corrected chi connectivity index (χ3v) is 5.15. The molecule has 0 aromatic rings. The molecule has 108 valence electrons. The fraction of sp³-hybridized carbons (Fsp3) is 0.867. The van der Waals surface area contributed by atoms with Gasteiger partial charge in [0.15, 0.2) is 0 Å². The molecule has 4 nitrogen and oxygen atoms in total. The highest BCUT2D eigenvalue weighted by Crippen LogP contribution is 2.58. The van der Waals surface area contributed by atoms with Gasteiger partial charge in [-0.2, -0.15) is 0 Å². The van der Waals surface area contributed by atoms with E-state index in [1.165, 1.54) is 19.3 Å². The Morgan fingerprint density at radius 2 is 1.74 bits per heavy atom. The topological polar surface area (TPSA) is 66.4 Å². The number of carboxylic acid groups (broad SMARTS) is 1. The number of carbonyl (C=O) groups is 2. The van der Waals surface area contributed by atoms with Crippen LogP contribution in [0.2, 0.25) is 0 Å². The molecular formula is C15H25NO3. The monoisotopic (exact) mass is 267 g/mol. The van der Waals surface area contributed by atoms with Gasteiger partial charge in [0, 0.05) is 6.04 Å². The number of hydrogen-bond acceptors (Lipinski definition) is 2. The van der Waals surface area contributed by atoms with E-state index in [1.807, 2.05) is 13.8 Å². The number of carboxylic acids is 1. The number of rotatable bonds is 4. The Morgan fingerprint density at radius 3 is 2.16 bits per heavy atom. The maximum Gasteiger partial charge on any atom is 0.307 e. The Kier molecular flexibility index (Phi) is 3.88. The molecule has 0 aromatic heterocycles. The molecule has 1 amide bonds. The van der Waals surface area contributed by atoms with Gasteiger partial charge in [0.25, 0.3) is 0 Å². The molecule has 2 N–H and O–H groups in total. The second kappa shape index (κ2) is 5.14. The highest BCUT2D eigenvalue weighted by atomic mass is 16.4. The van der Waals surface area contributed by atoms with Crippen molar-refractivity contribution in [2.24, 2.45) is 23.2 Å². The summed E-state index contributed by atoms with van der Waals surface area (Å²) in [6.07, 6.45) is 5.65. The second-order valence-electron chi connectivity index (χ2n) is 6.75. The van der Waals surface area contributed by atoms with Crippen LogP contribution >= 0.6 is 0 Å². The van der Waals surface area contributed by atoms with Crippen molar-refractivity contribution in [1.29, 1.82) is 0 Å². The average Bonchev–Trinajstić information content (AvgIpc) is 2.93. The number of amides is 1. The average molecular weight is 267 g/mol. The Balaban J connectivity index is 1.85. The SMILES string of the molecule is CCC1CCC(NC(=O)C2C(C(=O)O)C2(C)C)CC1. The molecule has 19 heavy (non-hydrogen) atoms. The molecule has 2 unspecified atom stereocenters. The van der Waals surface area contributed by atoms with Crippen LogP contribution in [0.1, 0.15) is 52.9 Å². The molecule has 0 saturated heterocycles. The fourth-order valence-electron chi connectivity index (χ4n) is 3.59. The van der Waals surface area contributed by atoms with Crippen LogP contribution < -0.4 is 5.32 Å². The molecule has 2 aliphatic rings. The van der Waals surface area contributed by atoms with Gasteiger partial charge in [-0.1, -0.05) is 27.2 Å². The summed E-state index contributed by atoms with van der Waals surface area (Å²) in [7, 11) is 0. The molecule has 0 heterocycles. The van der Waals surface area contributed by atoms with Gasteiger partial charge in [-0.25, -0.2) is 0 Å². The van der Waals surface area contributed by atoms with E-state index in [2.05, 4.69) is 12.2 Å². The molecule has 2 saturated carbocycles. The lowest BCUT2D eigenvalue weighted by atomic mass is 9.84. The third-order valence-electron chi connectivity index (χ3n) is 5.15. The zero-order chi connectivity index (χ0) is 14.2. The Morgan fingerprint density at radius 1 is 1.16 bits per heavy atom. The van der Waals surface area contributed by atoms with Crippen LogP contribution in [0.5, 0.6) is 0 Å². The second-order valence-corrected chi connectivity index (χ2v) is 6.75. The van der Waals surface area contributed by atoms with E-state index in [-0.39, 0.29) is 17.9 Å². The summed E-state index contributed by atoms with van der Waals surface area (Å²) in [6.45, 7) is 5.95. The molecule has 0 aliphatic heterocycles. The minimum Gasteiger partial charge on any atom is -0.481 e. The minimum atomic E-state index is -0.847. The molecule has 0 spiro atoms. The lowest BCUT2D eigenvalue weighted by Gasteiger charge is -2.28. The lowest BCUT2D eigenvalue weighted by Crippen LogP contribution is -2.39. The van der Waals surface area contributed by atoms with Crippen molar-refractivity contribution >= 4 is 11.9 Å². The predicted molar refractivity (Wildman–Crippen MR) is 72.6 cm³/mol. The number of nitrogens with one attached hydrogen (secondary N) is 1. The predicted octanol–water partition coefficient (Wildman–Crippen LogP) is 2.43. The standard InChI is InChI=1S/C15H25NO3/c1-4-9-5-7-10(8-6-9)16-13(17)11-12(14(18)19)15(11,2)3/h9-12H,4-8H2,1-3H3,(H,16,17)(H,18,19). The zero-order valence-electron chi connectivity index (χ0n) is 12.1. The molecule has 4 heteroatoms. The van der Waals surface area contributed by atoms with Gasteiger partial charge in [-0.15, -0.1) is 0 Å². The molecular weight excluding hydrogens is 242 g/mol. The Bertz CT molecular complexity index is 370. The van der Waals surface area contributed by atoms with Crippen molar-refractivity contribution in [3.8, 4) is 0 Å². The van der Waals surface area contributed by atoms with Crippen LogP contribution in [0.4, 0.5) is 0 Å². The van der Waals surface area contributed by atoms with Crippen LogP contribution in [0.25, 0.3) is 0 Å². The zero-order valence-corrected chi connectivity index (χ0v) is 12.1. The minimum absolute atomic E-state index is 0.0580. The maximum atomic E-state index is 12.2. The van der Waals surface area contributed by atoms with Crippen molar-refractivity contribution in [1.82, 2.24) is 5.32 Å². The van der Waals surface area contributed by atoms with Gasteiger partial charge < -0.3 is 10.4 Å². The lowest BCUT2D eigenvalue weighted by molar-refractivity contribution is -0.140. The van der Waals surface area contributed by atoms with Crippen LogP contribution in [-0.4, -0.2) is 23.0 Å². The summed E-state index contributed by atoms with van der Waals surface area (Å²) in [5.41, 5.74) is -0.392. The molecule has 2 aliphatic carbocycles. The van der Waals surface area contributed by atoms with Gasteiger partial charge in [0.05, 0.1) is 11.8 Å². The highest BCUT2D eigenvalue weighted by Gasteiger charge is 2.65. The van der Waals surface area contributed by atoms with E-state index in [0.29, 0.717) is 0 Å². The van der Waals surface area contributed by atoms with Gasteiger partial charge in [-0.05, 0) is 37.0 Å². The first kappa shape index (κ1) is 14.4. The normalized spacial score (nSPS) is 36.6. The van der Waals surface area contributed by atoms with Gasteiger partial charge in [0.1, 0.15) is 0 Å². The number of hydrogen-bond donors (Lipinski definition) is 2. The van der Waals surface area contributed by atoms with Crippen LogP contribution in [-0.2, 0) is 9.59 Å². The van der Waals surface area contributed by atoms with E-state index in [4.69, 9.17) is 5.11 Å². The summed E-state index contributed by atoms with van der Waals surface area (Å²) in [4.78, 5) is 23.3. The molecule has 2 fully saturated rings. The summed E-state index contributed by atoms with van der Waals surface area (Å²) in [6, 6.07) is 0.251. The van der Waals surface area contributed by atoms with E-state index >= 15 is 0 Å². The molecule has 0 bridgehead atoms. The van der Waals surface area contributed by atoms with Crippen LogP contribution in [0.3, 0.4) is 0 Å². The first-order valence-corrected chi connectivity index (χ1v) is 7.41. The quantitative estimate of drug-likeness (QED) is 0.822. The summed E-state index contributed by atoms with van der Waals surface area (Å²) >= 11 is 0. The van der Waals surface area contributed by atoms with Crippen molar-refractivity contribution in [3.05, 3.63) is 0 Å². The van der Waals surface area contributed by atoms with Crippen LogP contribution in [0, 0.1) is 23.2 Å². The van der Waals surface area contributed by atoms with E-state index in [0.717, 1.165) is 18.8 Å². The Hall–Kier alpha value is -1.06. The van der Waals surface area contributed by atoms with Gasteiger partial charge >= 0.3 is 5.97 Å². The van der Waals surface area contributed by atoms with Crippen molar-refractivity contribution in [2.45, 2.75) is 58.9 Å². The molecule has 2 atom stereocenters.